The van der Waals surface area contributed by atoms with Crippen LogP contribution in [-0.4, -0.2) is 57.1 Å². The van der Waals surface area contributed by atoms with E-state index in [-0.39, 0.29) is 41.4 Å². The standard InChI is InChI=1S/C16H20FN3O2.C2HF3O2/c1-9(2)15(21)19-13-7-10-3-4-14(13)20(10)16(22)11-5-6-18-8-12(11)17;3-2(4,5)1(6)7/h5-6,8-10,13-14H,3-4,7H2,1-2H3,(H,19,21);(H,6,7). The lowest BCUT2D eigenvalue weighted by atomic mass is 9.95. The van der Waals surface area contributed by atoms with Crippen molar-refractivity contribution in [1.82, 2.24) is 15.2 Å². The number of amides is 2. The van der Waals surface area contributed by atoms with Gasteiger partial charge in [0.15, 0.2) is 5.82 Å². The fourth-order valence-corrected chi connectivity index (χ4v) is 3.50. The first-order chi connectivity index (χ1) is 13.4. The van der Waals surface area contributed by atoms with Gasteiger partial charge in [-0.05, 0) is 25.3 Å². The maximum Gasteiger partial charge on any atom is 0.490 e. The Kier molecular flexibility index (Phi) is 6.81. The Bertz CT molecular complexity index is 785. The van der Waals surface area contributed by atoms with Crippen LogP contribution in [0.3, 0.4) is 0 Å². The van der Waals surface area contributed by atoms with Crippen LogP contribution in [0.4, 0.5) is 17.6 Å². The Balaban J connectivity index is 0.000000370. The highest BCUT2D eigenvalue weighted by atomic mass is 19.4. The summed E-state index contributed by atoms with van der Waals surface area (Å²) < 4.78 is 45.5. The third-order valence-electron chi connectivity index (χ3n) is 4.87. The molecule has 11 heteroatoms. The molecule has 0 aliphatic carbocycles. The number of aromatic nitrogens is 1. The van der Waals surface area contributed by atoms with Gasteiger partial charge in [-0.15, -0.1) is 0 Å². The summed E-state index contributed by atoms with van der Waals surface area (Å²) in [6.07, 6.45) is -0.0829. The Morgan fingerprint density at radius 3 is 2.41 bits per heavy atom. The second-order valence-electron chi connectivity index (χ2n) is 7.17. The van der Waals surface area contributed by atoms with Gasteiger partial charge in [0.2, 0.25) is 5.91 Å². The van der Waals surface area contributed by atoms with Crippen LogP contribution < -0.4 is 5.32 Å². The van der Waals surface area contributed by atoms with Crippen LogP contribution in [0.15, 0.2) is 18.5 Å². The largest absolute Gasteiger partial charge is 0.490 e. The van der Waals surface area contributed by atoms with Crippen LogP contribution in [0.2, 0.25) is 0 Å². The normalized spacial score (nSPS) is 22.9. The minimum absolute atomic E-state index is 0.0000376. The van der Waals surface area contributed by atoms with Gasteiger partial charge >= 0.3 is 12.1 Å². The zero-order valence-electron chi connectivity index (χ0n) is 15.7. The molecule has 0 aromatic carbocycles. The molecular weight excluding hydrogens is 398 g/mol. The highest BCUT2D eigenvalue weighted by Gasteiger charge is 2.49. The maximum atomic E-state index is 13.8. The van der Waals surface area contributed by atoms with Gasteiger partial charge in [-0.25, -0.2) is 9.18 Å². The van der Waals surface area contributed by atoms with Crippen LogP contribution >= 0.6 is 0 Å². The molecular formula is C18H21F4N3O4. The molecule has 1 aromatic rings. The van der Waals surface area contributed by atoms with Gasteiger partial charge in [0.05, 0.1) is 23.8 Å². The number of nitrogens with one attached hydrogen (secondary N) is 1. The number of aliphatic carboxylic acids is 1. The Morgan fingerprint density at radius 2 is 1.90 bits per heavy atom. The molecule has 29 heavy (non-hydrogen) atoms. The molecule has 160 valence electrons. The van der Waals surface area contributed by atoms with Gasteiger partial charge in [0, 0.05) is 18.2 Å². The van der Waals surface area contributed by atoms with E-state index in [0.717, 1.165) is 25.5 Å². The number of carbonyl (C=O) groups is 3. The minimum atomic E-state index is -5.08. The van der Waals surface area contributed by atoms with Crippen molar-refractivity contribution in [1.29, 1.82) is 0 Å². The van der Waals surface area contributed by atoms with Crippen LogP contribution in [0.25, 0.3) is 0 Å². The van der Waals surface area contributed by atoms with Crippen molar-refractivity contribution in [3.05, 3.63) is 29.8 Å². The zero-order valence-corrected chi connectivity index (χ0v) is 15.7. The highest BCUT2D eigenvalue weighted by Crippen LogP contribution is 2.39. The summed E-state index contributed by atoms with van der Waals surface area (Å²) in [4.78, 5) is 38.9. The van der Waals surface area contributed by atoms with E-state index in [2.05, 4.69) is 10.3 Å². The molecule has 0 saturated carbocycles. The van der Waals surface area contributed by atoms with E-state index in [0.29, 0.717) is 0 Å². The summed E-state index contributed by atoms with van der Waals surface area (Å²) >= 11 is 0. The number of carboxylic acids is 1. The van der Waals surface area contributed by atoms with Crippen LogP contribution in [0.1, 0.15) is 43.5 Å². The number of hydrogen-bond acceptors (Lipinski definition) is 4. The molecule has 3 unspecified atom stereocenters. The fraction of sp³-hybridized carbons (Fsp3) is 0.556. The second-order valence-corrected chi connectivity index (χ2v) is 7.17. The lowest BCUT2D eigenvalue weighted by molar-refractivity contribution is -0.192. The van der Waals surface area contributed by atoms with Crippen LogP contribution in [-0.2, 0) is 9.59 Å². The quantitative estimate of drug-likeness (QED) is 0.733. The van der Waals surface area contributed by atoms with Crippen molar-refractivity contribution in [3.8, 4) is 0 Å². The molecule has 2 amide bonds. The summed E-state index contributed by atoms with van der Waals surface area (Å²) in [5.74, 6) is -3.73. The predicted molar refractivity (Wildman–Crippen MR) is 92.3 cm³/mol. The molecule has 7 nitrogen and oxygen atoms in total. The number of nitrogens with zero attached hydrogens (tertiary/aromatic N) is 2. The van der Waals surface area contributed by atoms with E-state index in [1.54, 1.807) is 4.90 Å². The van der Waals surface area contributed by atoms with Crippen molar-refractivity contribution in [2.75, 3.05) is 0 Å². The number of fused-ring (bicyclic) bond motifs is 2. The molecule has 2 fully saturated rings. The maximum absolute atomic E-state index is 13.8. The molecule has 0 spiro atoms. The summed E-state index contributed by atoms with van der Waals surface area (Å²) in [6.45, 7) is 3.69. The second kappa shape index (κ2) is 8.75. The number of halogens is 4. The highest BCUT2D eigenvalue weighted by molar-refractivity contribution is 5.95. The van der Waals surface area contributed by atoms with Gasteiger partial charge in [-0.2, -0.15) is 13.2 Å². The third kappa shape index (κ3) is 5.21. The monoisotopic (exact) mass is 419 g/mol. The van der Waals surface area contributed by atoms with E-state index >= 15 is 0 Å². The smallest absolute Gasteiger partial charge is 0.475 e. The van der Waals surface area contributed by atoms with Gasteiger partial charge in [-0.1, -0.05) is 13.8 Å². The number of alkyl halides is 3. The SMILES string of the molecule is CC(C)C(=O)NC1CC2CCC1N2C(=O)c1ccncc1F.O=C(O)C(F)(F)F. The van der Waals surface area contributed by atoms with E-state index < -0.39 is 18.0 Å². The van der Waals surface area contributed by atoms with E-state index in [1.807, 2.05) is 13.8 Å². The Labute approximate surface area is 164 Å². The topological polar surface area (TPSA) is 99.6 Å². The van der Waals surface area contributed by atoms with Crippen molar-refractivity contribution in [3.63, 3.8) is 0 Å². The fourth-order valence-electron chi connectivity index (χ4n) is 3.50. The number of carbonyl (C=O) groups excluding carboxylic acids is 2. The van der Waals surface area contributed by atoms with Gasteiger partial charge in [-0.3, -0.25) is 14.6 Å². The minimum Gasteiger partial charge on any atom is -0.475 e. The first-order valence-electron chi connectivity index (χ1n) is 8.96. The van der Waals surface area contributed by atoms with Crippen LogP contribution in [0, 0.1) is 11.7 Å². The predicted octanol–water partition coefficient (Wildman–Crippen LogP) is 2.37. The van der Waals surface area contributed by atoms with Crippen molar-refractivity contribution in [2.24, 2.45) is 5.92 Å². The summed E-state index contributed by atoms with van der Waals surface area (Å²) in [5, 5.41) is 10.1. The van der Waals surface area contributed by atoms with Gasteiger partial charge in [0.25, 0.3) is 5.91 Å². The molecule has 2 N–H and O–H groups in total. The first kappa shape index (κ1) is 22.6. The summed E-state index contributed by atoms with van der Waals surface area (Å²) in [5.41, 5.74) is 0.0581. The summed E-state index contributed by atoms with van der Waals surface area (Å²) in [7, 11) is 0. The van der Waals surface area contributed by atoms with E-state index in [1.165, 1.54) is 12.3 Å². The van der Waals surface area contributed by atoms with Crippen LogP contribution in [0.5, 0.6) is 0 Å². The zero-order chi connectivity index (χ0) is 21.9. The lowest BCUT2D eigenvalue weighted by Crippen LogP contribution is -2.46. The van der Waals surface area contributed by atoms with Crippen molar-refractivity contribution < 1.29 is 37.1 Å². The summed E-state index contributed by atoms with van der Waals surface area (Å²) in [6, 6.07) is 1.44. The van der Waals surface area contributed by atoms with E-state index in [4.69, 9.17) is 9.90 Å². The molecule has 2 aliphatic heterocycles. The van der Waals surface area contributed by atoms with Crippen molar-refractivity contribution >= 4 is 17.8 Å². The molecule has 0 radical (unpaired) electrons. The van der Waals surface area contributed by atoms with Crippen molar-refractivity contribution in [2.45, 2.75) is 57.4 Å². The number of carboxylic acid groups (broad SMARTS) is 1. The van der Waals surface area contributed by atoms with Gasteiger partial charge < -0.3 is 15.3 Å². The number of hydrogen-bond donors (Lipinski definition) is 2. The Morgan fingerprint density at radius 1 is 1.28 bits per heavy atom. The van der Waals surface area contributed by atoms with E-state index in [9.17, 15) is 27.2 Å². The molecule has 2 saturated heterocycles. The molecule has 1 aromatic heterocycles. The number of pyridine rings is 1. The third-order valence-corrected chi connectivity index (χ3v) is 4.87. The average Bonchev–Trinajstić information content (AvgIpc) is 3.18. The molecule has 3 rings (SSSR count). The molecule has 3 atom stereocenters. The number of rotatable bonds is 3. The molecule has 2 bridgehead atoms. The Hall–Kier alpha value is -2.72. The average molecular weight is 419 g/mol. The molecule has 3 heterocycles. The molecule has 2 aliphatic rings. The van der Waals surface area contributed by atoms with Gasteiger partial charge in [0.1, 0.15) is 0 Å². The first-order valence-corrected chi connectivity index (χ1v) is 8.96. The lowest BCUT2D eigenvalue weighted by Gasteiger charge is -2.25.